The number of carbonyl (C=O) groups is 3. The first kappa shape index (κ1) is 21.2. The molecule has 0 saturated heterocycles. The molecule has 7 nitrogen and oxygen atoms in total. The maximum atomic E-state index is 12.1. The molecule has 0 bridgehead atoms. The van der Waals surface area contributed by atoms with Crippen molar-refractivity contribution >= 4 is 29.5 Å². The van der Waals surface area contributed by atoms with Gasteiger partial charge in [0, 0.05) is 22.7 Å². The fraction of sp³-hybridized carbons (Fsp3) is 0.250. The van der Waals surface area contributed by atoms with Crippen LogP contribution in [-0.4, -0.2) is 23.5 Å². The molecule has 2 aromatic carbocycles. The van der Waals surface area contributed by atoms with Gasteiger partial charge in [-0.3, -0.25) is 20.4 Å². The third-order valence-corrected chi connectivity index (χ3v) is 3.66. The van der Waals surface area contributed by atoms with Crippen LogP contribution in [0.5, 0.6) is 0 Å². The van der Waals surface area contributed by atoms with Gasteiger partial charge in [0.05, 0.1) is 0 Å². The van der Waals surface area contributed by atoms with Crippen LogP contribution in [0.1, 0.15) is 47.1 Å². The standard InChI is InChI=1S/C20H22ClN3O4/c1-20(2,3)28-19(27)22-12-13-7-9-14(10-8-13)17(25)23-24-18(26)15-5-4-6-16(21)11-15/h4-11H,12H2,1-3H3,(H,22,27)(H,23,25)(H,24,26). The Morgan fingerprint density at radius 3 is 2.11 bits per heavy atom. The number of hydrogen-bond acceptors (Lipinski definition) is 4. The SMILES string of the molecule is CC(C)(C)OC(=O)NCc1ccc(C(=O)NNC(=O)c2cccc(Cl)c2)cc1. The highest BCUT2D eigenvalue weighted by Crippen LogP contribution is 2.10. The van der Waals surface area contributed by atoms with Crippen LogP contribution in [0, 0.1) is 0 Å². The molecule has 0 atom stereocenters. The van der Waals surface area contributed by atoms with E-state index in [1.165, 1.54) is 6.07 Å². The molecule has 2 aromatic rings. The van der Waals surface area contributed by atoms with Gasteiger partial charge < -0.3 is 10.1 Å². The van der Waals surface area contributed by atoms with Crippen LogP contribution < -0.4 is 16.2 Å². The number of ether oxygens (including phenoxy) is 1. The van der Waals surface area contributed by atoms with Crippen molar-refractivity contribution in [1.29, 1.82) is 0 Å². The van der Waals surface area contributed by atoms with E-state index in [1.807, 2.05) is 0 Å². The predicted molar refractivity (Wildman–Crippen MR) is 106 cm³/mol. The minimum Gasteiger partial charge on any atom is -0.444 e. The van der Waals surface area contributed by atoms with E-state index in [9.17, 15) is 14.4 Å². The summed E-state index contributed by atoms with van der Waals surface area (Å²) in [4.78, 5) is 35.8. The molecule has 2 rings (SSSR count). The van der Waals surface area contributed by atoms with Crippen molar-refractivity contribution in [2.45, 2.75) is 32.9 Å². The monoisotopic (exact) mass is 403 g/mol. The van der Waals surface area contributed by atoms with Gasteiger partial charge in [0.15, 0.2) is 0 Å². The summed E-state index contributed by atoms with van der Waals surface area (Å²) in [6.07, 6.45) is -0.516. The van der Waals surface area contributed by atoms with E-state index in [0.717, 1.165) is 5.56 Å². The lowest BCUT2D eigenvalue weighted by molar-refractivity contribution is 0.0523. The number of halogens is 1. The maximum absolute atomic E-state index is 12.1. The summed E-state index contributed by atoms with van der Waals surface area (Å²) in [5.41, 5.74) is 5.58. The number of hydrazine groups is 1. The number of rotatable bonds is 4. The van der Waals surface area contributed by atoms with Crippen molar-refractivity contribution in [2.24, 2.45) is 0 Å². The van der Waals surface area contributed by atoms with Crippen LogP contribution in [0.2, 0.25) is 5.02 Å². The lowest BCUT2D eigenvalue weighted by Gasteiger charge is -2.19. The first-order chi connectivity index (χ1) is 13.1. The molecule has 0 aliphatic rings. The largest absolute Gasteiger partial charge is 0.444 e. The number of carbonyl (C=O) groups excluding carboxylic acids is 3. The molecule has 0 fully saturated rings. The van der Waals surface area contributed by atoms with Crippen molar-refractivity contribution in [3.8, 4) is 0 Å². The van der Waals surface area contributed by atoms with Crippen LogP contribution in [0.15, 0.2) is 48.5 Å². The summed E-state index contributed by atoms with van der Waals surface area (Å²) < 4.78 is 5.16. The Morgan fingerprint density at radius 2 is 1.54 bits per heavy atom. The van der Waals surface area contributed by atoms with Gasteiger partial charge in [0.25, 0.3) is 11.8 Å². The lowest BCUT2D eigenvalue weighted by Crippen LogP contribution is -2.41. The predicted octanol–water partition coefficient (Wildman–Crippen LogP) is 3.44. The van der Waals surface area contributed by atoms with Gasteiger partial charge in [-0.15, -0.1) is 0 Å². The zero-order chi connectivity index (χ0) is 20.7. The Balaban J connectivity index is 1.84. The number of alkyl carbamates (subject to hydrolysis) is 1. The molecule has 28 heavy (non-hydrogen) atoms. The molecule has 0 saturated carbocycles. The van der Waals surface area contributed by atoms with Gasteiger partial charge in [0.1, 0.15) is 5.60 Å². The Bertz CT molecular complexity index is 860. The van der Waals surface area contributed by atoms with Crippen molar-refractivity contribution in [3.63, 3.8) is 0 Å². The average Bonchev–Trinajstić information content (AvgIpc) is 2.63. The molecular formula is C20H22ClN3O4. The molecule has 0 aromatic heterocycles. The Hall–Kier alpha value is -3.06. The summed E-state index contributed by atoms with van der Waals surface area (Å²) in [7, 11) is 0. The van der Waals surface area contributed by atoms with Crippen LogP contribution in [0.25, 0.3) is 0 Å². The van der Waals surface area contributed by atoms with E-state index in [1.54, 1.807) is 63.2 Å². The molecule has 0 spiro atoms. The Kier molecular flexibility index (Phi) is 7.00. The summed E-state index contributed by atoms with van der Waals surface area (Å²) >= 11 is 5.84. The minimum absolute atomic E-state index is 0.266. The maximum Gasteiger partial charge on any atom is 0.407 e. The highest BCUT2D eigenvalue weighted by Gasteiger charge is 2.15. The molecule has 0 aliphatic carbocycles. The van der Waals surface area contributed by atoms with E-state index in [4.69, 9.17) is 16.3 Å². The van der Waals surface area contributed by atoms with Gasteiger partial charge in [-0.2, -0.15) is 0 Å². The second-order valence-electron chi connectivity index (χ2n) is 6.97. The molecule has 0 unspecified atom stereocenters. The van der Waals surface area contributed by atoms with Gasteiger partial charge in [-0.05, 0) is 56.7 Å². The van der Waals surface area contributed by atoms with Crippen molar-refractivity contribution in [3.05, 3.63) is 70.2 Å². The molecule has 0 radical (unpaired) electrons. The highest BCUT2D eigenvalue weighted by molar-refractivity contribution is 6.30. The number of nitrogens with one attached hydrogen (secondary N) is 3. The topological polar surface area (TPSA) is 96.5 Å². The Labute approximate surface area is 168 Å². The summed E-state index contributed by atoms with van der Waals surface area (Å²) in [5, 5.41) is 3.06. The van der Waals surface area contributed by atoms with Gasteiger partial charge in [-0.1, -0.05) is 29.8 Å². The van der Waals surface area contributed by atoms with Crippen molar-refractivity contribution in [2.75, 3.05) is 0 Å². The number of benzene rings is 2. The molecular weight excluding hydrogens is 382 g/mol. The van der Waals surface area contributed by atoms with Gasteiger partial charge in [-0.25, -0.2) is 4.79 Å². The van der Waals surface area contributed by atoms with Crippen LogP contribution >= 0.6 is 11.6 Å². The summed E-state index contributed by atoms with van der Waals surface area (Å²) in [5.74, 6) is -0.948. The molecule has 3 amide bonds. The zero-order valence-electron chi connectivity index (χ0n) is 15.8. The summed E-state index contributed by atoms with van der Waals surface area (Å²) in [6, 6.07) is 12.9. The first-order valence-corrected chi connectivity index (χ1v) is 8.94. The second-order valence-corrected chi connectivity index (χ2v) is 7.41. The van der Waals surface area contributed by atoms with Crippen LogP contribution in [0.4, 0.5) is 4.79 Å². The van der Waals surface area contributed by atoms with Crippen molar-refractivity contribution < 1.29 is 19.1 Å². The highest BCUT2D eigenvalue weighted by atomic mass is 35.5. The lowest BCUT2D eigenvalue weighted by atomic mass is 10.1. The minimum atomic E-state index is -0.568. The quantitative estimate of drug-likeness (QED) is 0.681. The molecule has 148 valence electrons. The molecule has 8 heteroatoms. The van der Waals surface area contributed by atoms with E-state index >= 15 is 0 Å². The summed E-state index contributed by atoms with van der Waals surface area (Å²) in [6.45, 7) is 5.61. The average molecular weight is 404 g/mol. The van der Waals surface area contributed by atoms with E-state index in [0.29, 0.717) is 16.1 Å². The van der Waals surface area contributed by atoms with Crippen LogP contribution in [0.3, 0.4) is 0 Å². The van der Waals surface area contributed by atoms with Crippen LogP contribution in [-0.2, 0) is 11.3 Å². The molecule has 0 heterocycles. The Morgan fingerprint density at radius 1 is 0.929 bits per heavy atom. The smallest absolute Gasteiger partial charge is 0.407 e. The van der Waals surface area contributed by atoms with E-state index in [2.05, 4.69) is 16.2 Å². The number of amides is 3. The molecule has 3 N–H and O–H groups in total. The third kappa shape index (κ3) is 6.92. The second kappa shape index (κ2) is 9.23. The fourth-order valence-electron chi connectivity index (χ4n) is 2.15. The number of hydrogen-bond donors (Lipinski definition) is 3. The zero-order valence-corrected chi connectivity index (χ0v) is 16.6. The fourth-order valence-corrected chi connectivity index (χ4v) is 2.34. The van der Waals surface area contributed by atoms with E-state index < -0.39 is 23.5 Å². The van der Waals surface area contributed by atoms with E-state index in [-0.39, 0.29) is 6.54 Å². The van der Waals surface area contributed by atoms with Gasteiger partial charge in [0.2, 0.25) is 0 Å². The normalized spacial score (nSPS) is 10.7. The third-order valence-electron chi connectivity index (χ3n) is 3.43. The molecule has 0 aliphatic heterocycles. The first-order valence-electron chi connectivity index (χ1n) is 8.56. The van der Waals surface area contributed by atoms with Crippen molar-refractivity contribution in [1.82, 2.24) is 16.2 Å². The van der Waals surface area contributed by atoms with Gasteiger partial charge >= 0.3 is 6.09 Å².